The molecule has 0 bridgehead atoms. The first-order valence-corrected chi connectivity index (χ1v) is 7.62. The number of carbonyl (C=O) groups excluding carboxylic acids is 1. The van der Waals surface area contributed by atoms with E-state index in [0.717, 1.165) is 24.1 Å². The fourth-order valence-corrected chi connectivity index (χ4v) is 2.62. The first-order chi connectivity index (χ1) is 9.81. The Morgan fingerprint density at radius 1 is 1.43 bits per heavy atom. The summed E-state index contributed by atoms with van der Waals surface area (Å²) in [6.07, 6.45) is 0.892. The lowest BCUT2D eigenvalue weighted by Crippen LogP contribution is -2.47. The van der Waals surface area contributed by atoms with Gasteiger partial charge >= 0.3 is 6.09 Å². The molecular formula is C16H22ClNO3. The molecule has 1 aliphatic heterocycles. The van der Waals surface area contributed by atoms with E-state index in [0.29, 0.717) is 11.6 Å². The maximum Gasteiger partial charge on any atom is 0.416 e. The second-order valence-corrected chi connectivity index (χ2v) is 6.51. The van der Waals surface area contributed by atoms with Crippen molar-refractivity contribution in [3.63, 3.8) is 0 Å². The van der Waals surface area contributed by atoms with Gasteiger partial charge in [0, 0.05) is 11.6 Å². The van der Waals surface area contributed by atoms with Crippen molar-refractivity contribution < 1.29 is 14.3 Å². The first-order valence-electron chi connectivity index (χ1n) is 7.24. The molecule has 0 aliphatic carbocycles. The summed E-state index contributed by atoms with van der Waals surface area (Å²) < 4.78 is 11.2. The number of rotatable bonds is 2. The largest absolute Gasteiger partial charge is 0.443 e. The van der Waals surface area contributed by atoms with E-state index in [2.05, 4.69) is 0 Å². The third-order valence-electron chi connectivity index (χ3n) is 3.20. The monoisotopic (exact) mass is 311 g/mol. The van der Waals surface area contributed by atoms with Crippen molar-refractivity contribution in [3.05, 3.63) is 28.8 Å². The fraction of sp³-hybridized carbons (Fsp3) is 0.562. The molecule has 0 fully saturated rings. The van der Waals surface area contributed by atoms with Crippen molar-refractivity contribution in [2.24, 2.45) is 0 Å². The zero-order valence-corrected chi connectivity index (χ0v) is 13.7. The van der Waals surface area contributed by atoms with E-state index in [1.165, 1.54) is 0 Å². The number of anilines is 1. The smallest absolute Gasteiger partial charge is 0.416 e. The molecule has 2 rings (SSSR count). The zero-order chi connectivity index (χ0) is 15.6. The Hall–Kier alpha value is -1.26. The first kappa shape index (κ1) is 16.1. The molecule has 21 heavy (non-hydrogen) atoms. The van der Waals surface area contributed by atoms with E-state index in [-0.39, 0.29) is 12.3 Å². The summed E-state index contributed by atoms with van der Waals surface area (Å²) in [7, 11) is 0. The standard InChI is InChI=1S/C16H22ClNO3/c1-5-20-14-9-6-11-10-12(17)7-8-13(11)18(14)15(19)21-16(2,3)4/h7-8,10,14H,5-6,9H2,1-4H3. The minimum atomic E-state index is -0.544. The highest BCUT2D eigenvalue weighted by Gasteiger charge is 2.34. The summed E-state index contributed by atoms with van der Waals surface area (Å²) in [5.74, 6) is 0. The highest BCUT2D eigenvalue weighted by Crippen LogP contribution is 2.34. The molecular weight excluding hydrogens is 290 g/mol. The minimum absolute atomic E-state index is 0.293. The maximum absolute atomic E-state index is 12.5. The van der Waals surface area contributed by atoms with Crippen LogP contribution in [0.4, 0.5) is 10.5 Å². The highest BCUT2D eigenvalue weighted by molar-refractivity contribution is 6.30. The van der Waals surface area contributed by atoms with Gasteiger partial charge in [-0.25, -0.2) is 4.79 Å². The lowest BCUT2D eigenvalue weighted by atomic mass is 10.0. The van der Waals surface area contributed by atoms with Gasteiger partial charge in [-0.3, -0.25) is 4.90 Å². The van der Waals surface area contributed by atoms with Crippen LogP contribution in [-0.4, -0.2) is 24.5 Å². The number of amides is 1. The lowest BCUT2D eigenvalue weighted by molar-refractivity contribution is 0.0230. The van der Waals surface area contributed by atoms with Gasteiger partial charge in [0.25, 0.3) is 0 Å². The van der Waals surface area contributed by atoms with Crippen molar-refractivity contribution >= 4 is 23.4 Å². The Morgan fingerprint density at radius 3 is 2.76 bits per heavy atom. The Balaban J connectivity index is 2.35. The van der Waals surface area contributed by atoms with E-state index < -0.39 is 5.60 Å². The van der Waals surface area contributed by atoms with E-state index in [4.69, 9.17) is 21.1 Å². The van der Waals surface area contributed by atoms with Gasteiger partial charge in [0.2, 0.25) is 0 Å². The maximum atomic E-state index is 12.5. The molecule has 0 saturated carbocycles. The van der Waals surface area contributed by atoms with Crippen LogP contribution in [0.2, 0.25) is 5.02 Å². The number of halogens is 1. The van der Waals surface area contributed by atoms with E-state index in [9.17, 15) is 4.79 Å². The molecule has 1 aliphatic rings. The second kappa shape index (κ2) is 6.24. The van der Waals surface area contributed by atoms with Crippen molar-refractivity contribution in [2.75, 3.05) is 11.5 Å². The normalized spacial score (nSPS) is 18.3. The summed E-state index contributed by atoms with van der Waals surface area (Å²) in [5.41, 5.74) is 1.32. The van der Waals surface area contributed by atoms with Gasteiger partial charge in [-0.05, 0) is 64.3 Å². The van der Waals surface area contributed by atoms with Crippen molar-refractivity contribution in [1.82, 2.24) is 0 Å². The van der Waals surface area contributed by atoms with Gasteiger partial charge in [0.05, 0.1) is 5.69 Å². The molecule has 116 valence electrons. The number of aryl methyl sites for hydroxylation is 1. The predicted octanol–water partition coefficient (Wildman–Crippen LogP) is 4.39. The molecule has 1 atom stereocenters. The summed E-state index contributed by atoms with van der Waals surface area (Å²) in [4.78, 5) is 14.1. The zero-order valence-electron chi connectivity index (χ0n) is 13.0. The summed E-state index contributed by atoms with van der Waals surface area (Å²) in [6.45, 7) is 8.03. The fourth-order valence-electron chi connectivity index (χ4n) is 2.43. The van der Waals surface area contributed by atoms with Gasteiger partial charge in [-0.1, -0.05) is 11.6 Å². The third-order valence-corrected chi connectivity index (χ3v) is 3.43. The molecule has 5 heteroatoms. The van der Waals surface area contributed by atoms with E-state index >= 15 is 0 Å². The second-order valence-electron chi connectivity index (χ2n) is 6.07. The topological polar surface area (TPSA) is 38.8 Å². The van der Waals surface area contributed by atoms with Gasteiger partial charge in [0.15, 0.2) is 0 Å². The molecule has 4 nitrogen and oxygen atoms in total. The Bertz CT molecular complexity index is 525. The molecule has 0 radical (unpaired) electrons. The molecule has 1 aromatic carbocycles. The van der Waals surface area contributed by atoms with Crippen LogP contribution in [0.25, 0.3) is 0 Å². The average Bonchev–Trinajstić information content (AvgIpc) is 2.36. The van der Waals surface area contributed by atoms with Crippen LogP contribution in [0.3, 0.4) is 0 Å². The van der Waals surface area contributed by atoms with Crippen LogP contribution < -0.4 is 4.90 Å². The molecule has 0 saturated heterocycles. The number of carbonyl (C=O) groups is 1. The Labute approximate surface area is 131 Å². The molecule has 0 aromatic heterocycles. The summed E-state index contributed by atoms with van der Waals surface area (Å²) >= 11 is 6.04. The van der Waals surface area contributed by atoms with Crippen molar-refractivity contribution in [3.8, 4) is 0 Å². The molecule has 1 aromatic rings. The Kier molecular flexibility index (Phi) is 4.79. The van der Waals surface area contributed by atoms with Crippen LogP contribution in [0, 0.1) is 0 Å². The molecule has 0 spiro atoms. The quantitative estimate of drug-likeness (QED) is 0.813. The number of hydrogen-bond donors (Lipinski definition) is 0. The third kappa shape index (κ3) is 3.89. The molecule has 1 heterocycles. The number of hydrogen-bond acceptors (Lipinski definition) is 3. The van der Waals surface area contributed by atoms with Gasteiger partial charge in [0.1, 0.15) is 11.8 Å². The lowest BCUT2D eigenvalue weighted by Gasteiger charge is -2.37. The Morgan fingerprint density at radius 2 is 2.14 bits per heavy atom. The number of nitrogens with zero attached hydrogens (tertiary/aromatic N) is 1. The van der Waals surface area contributed by atoms with E-state index in [1.54, 1.807) is 11.0 Å². The van der Waals surface area contributed by atoms with Crippen LogP contribution in [0.1, 0.15) is 39.7 Å². The van der Waals surface area contributed by atoms with Crippen LogP contribution in [0.5, 0.6) is 0 Å². The summed E-state index contributed by atoms with van der Waals surface area (Å²) in [5, 5.41) is 0.674. The molecule has 1 amide bonds. The van der Waals surface area contributed by atoms with Gasteiger partial charge in [-0.2, -0.15) is 0 Å². The molecule has 0 N–H and O–H groups in total. The highest BCUT2D eigenvalue weighted by atomic mass is 35.5. The van der Waals surface area contributed by atoms with Crippen LogP contribution in [-0.2, 0) is 15.9 Å². The van der Waals surface area contributed by atoms with Crippen LogP contribution in [0.15, 0.2) is 18.2 Å². The predicted molar refractivity (Wildman–Crippen MR) is 83.9 cm³/mol. The number of benzene rings is 1. The molecule has 1 unspecified atom stereocenters. The number of fused-ring (bicyclic) bond motifs is 1. The van der Waals surface area contributed by atoms with Crippen molar-refractivity contribution in [1.29, 1.82) is 0 Å². The van der Waals surface area contributed by atoms with Gasteiger partial charge < -0.3 is 9.47 Å². The number of ether oxygens (including phenoxy) is 2. The van der Waals surface area contributed by atoms with E-state index in [1.807, 2.05) is 39.8 Å². The van der Waals surface area contributed by atoms with Crippen molar-refractivity contribution in [2.45, 2.75) is 52.4 Å². The summed E-state index contributed by atoms with van der Waals surface area (Å²) in [6, 6.07) is 5.54. The van der Waals surface area contributed by atoms with Crippen LogP contribution >= 0.6 is 11.6 Å². The SMILES string of the molecule is CCOC1CCc2cc(Cl)ccc2N1C(=O)OC(C)(C)C. The minimum Gasteiger partial charge on any atom is -0.443 e. The van der Waals surface area contributed by atoms with Gasteiger partial charge in [-0.15, -0.1) is 0 Å². The average molecular weight is 312 g/mol.